The second-order valence-electron chi connectivity index (χ2n) is 4.58. The Morgan fingerprint density at radius 3 is 2.52 bits per heavy atom. The molecule has 4 heteroatoms. The van der Waals surface area contributed by atoms with E-state index < -0.39 is 5.97 Å². The number of hydrogen-bond donors (Lipinski definition) is 1. The van der Waals surface area contributed by atoms with E-state index in [1.165, 1.54) is 7.11 Å². The van der Waals surface area contributed by atoms with E-state index in [0.29, 0.717) is 22.3 Å². The van der Waals surface area contributed by atoms with Crippen molar-refractivity contribution in [2.75, 3.05) is 7.11 Å². The number of ether oxygens (including phenoxy) is 1. The largest absolute Gasteiger partial charge is 0.496 e. The van der Waals surface area contributed by atoms with E-state index in [9.17, 15) is 9.90 Å². The number of hydrogen-bond acceptors (Lipinski definition) is 3. The lowest BCUT2D eigenvalue weighted by Crippen LogP contribution is -2.01. The predicted molar refractivity (Wildman–Crippen MR) is 80.7 cm³/mol. The molecule has 0 saturated carbocycles. The van der Waals surface area contributed by atoms with Gasteiger partial charge in [0.15, 0.2) is 0 Å². The average Bonchev–Trinajstić information content (AvgIpc) is 2.53. The van der Waals surface area contributed by atoms with Gasteiger partial charge in [-0.3, -0.25) is 0 Å². The number of aromatic carboxylic acids is 1. The Bertz CT molecular complexity index is 813. The van der Waals surface area contributed by atoms with Crippen LogP contribution in [0.4, 0.5) is 0 Å². The predicted octanol–water partition coefficient (Wildman–Crippen LogP) is 3.61. The van der Waals surface area contributed by atoms with Crippen molar-refractivity contribution in [1.82, 2.24) is 4.98 Å². The van der Waals surface area contributed by atoms with Crippen LogP contribution >= 0.6 is 0 Å². The Morgan fingerprint density at radius 2 is 1.86 bits per heavy atom. The van der Waals surface area contributed by atoms with Crippen molar-refractivity contribution in [3.8, 4) is 17.0 Å². The second-order valence-corrected chi connectivity index (χ2v) is 4.58. The fourth-order valence-corrected chi connectivity index (χ4v) is 2.35. The molecule has 0 unspecified atom stereocenters. The molecule has 3 aromatic rings. The third-order valence-corrected chi connectivity index (χ3v) is 3.32. The van der Waals surface area contributed by atoms with Crippen LogP contribution < -0.4 is 4.74 Å². The number of fused-ring (bicyclic) bond motifs is 1. The first-order valence-corrected chi connectivity index (χ1v) is 6.47. The van der Waals surface area contributed by atoms with E-state index in [0.717, 1.165) is 5.56 Å². The van der Waals surface area contributed by atoms with Gasteiger partial charge in [0.25, 0.3) is 0 Å². The van der Waals surface area contributed by atoms with Gasteiger partial charge in [-0.25, -0.2) is 9.78 Å². The van der Waals surface area contributed by atoms with Gasteiger partial charge in [0.1, 0.15) is 5.75 Å². The Hall–Kier alpha value is -2.88. The van der Waals surface area contributed by atoms with E-state index >= 15 is 0 Å². The number of pyridine rings is 1. The normalized spacial score (nSPS) is 10.5. The fraction of sp³-hybridized carbons (Fsp3) is 0.0588. The lowest BCUT2D eigenvalue weighted by Gasteiger charge is -2.10. The molecule has 0 aliphatic rings. The summed E-state index contributed by atoms with van der Waals surface area (Å²) in [5, 5.41) is 10.0. The molecule has 0 aliphatic heterocycles. The van der Waals surface area contributed by atoms with Crippen LogP contribution in [0.15, 0.2) is 54.6 Å². The third kappa shape index (κ3) is 2.31. The molecule has 0 bridgehead atoms. The average molecular weight is 279 g/mol. The van der Waals surface area contributed by atoms with Gasteiger partial charge in [-0.15, -0.1) is 0 Å². The van der Waals surface area contributed by atoms with Gasteiger partial charge in [-0.05, 0) is 18.2 Å². The molecular weight excluding hydrogens is 266 g/mol. The molecule has 4 nitrogen and oxygen atoms in total. The van der Waals surface area contributed by atoms with Crippen LogP contribution in [0, 0.1) is 0 Å². The maximum absolute atomic E-state index is 11.6. The first-order valence-electron chi connectivity index (χ1n) is 6.47. The molecule has 2 aromatic carbocycles. The van der Waals surface area contributed by atoms with Crippen molar-refractivity contribution in [2.24, 2.45) is 0 Å². The summed E-state index contributed by atoms with van der Waals surface area (Å²) in [6.07, 6.45) is 0. The minimum Gasteiger partial charge on any atom is -0.496 e. The standard InChI is InChI=1S/C17H13NO3/c1-21-15-9-5-8-13-16(15)12(17(19)20)10-14(18-13)11-6-3-2-4-7-11/h2-10H,1H3,(H,19,20). The van der Waals surface area contributed by atoms with Crippen LogP contribution in [0.3, 0.4) is 0 Å². The van der Waals surface area contributed by atoms with Crippen LogP contribution in [0.2, 0.25) is 0 Å². The quantitative estimate of drug-likeness (QED) is 0.795. The van der Waals surface area contributed by atoms with E-state index in [4.69, 9.17) is 4.74 Å². The first kappa shape index (κ1) is 13.1. The van der Waals surface area contributed by atoms with E-state index in [1.807, 2.05) is 30.3 Å². The summed E-state index contributed by atoms with van der Waals surface area (Å²) in [5.41, 5.74) is 2.31. The summed E-state index contributed by atoms with van der Waals surface area (Å²) in [7, 11) is 1.52. The molecule has 1 aromatic heterocycles. The number of methoxy groups -OCH3 is 1. The zero-order chi connectivity index (χ0) is 14.8. The highest BCUT2D eigenvalue weighted by Crippen LogP contribution is 2.31. The zero-order valence-electron chi connectivity index (χ0n) is 11.4. The zero-order valence-corrected chi connectivity index (χ0v) is 11.4. The highest BCUT2D eigenvalue weighted by atomic mass is 16.5. The van der Waals surface area contributed by atoms with Crippen molar-refractivity contribution >= 4 is 16.9 Å². The lowest BCUT2D eigenvalue weighted by atomic mass is 10.0. The Balaban J connectivity index is 2.34. The van der Waals surface area contributed by atoms with Crippen molar-refractivity contribution in [2.45, 2.75) is 0 Å². The van der Waals surface area contributed by atoms with E-state index in [2.05, 4.69) is 4.98 Å². The minimum atomic E-state index is -0.996. The third-order valence-electron chi connectivity index (χ3n) is 3.32. The van der Waals surface area contributed by atoms with Crippen molar-refractivity contribution in [3.63, 3.8) is 0 Å². The van der Waals surface area contributed by atoms with Crippen LogP contribution in [0.1, 0.15) is 10.4 Å². The number of nitrogens with zero attached hydrogens (tertiary/aromatic N) is 1. The SMILES string of the molecule is COc1cccc2nc(-c3ccccc3)cc(C(=O)O)c12. The number of carbonyl (C=O) groups is 1. The molecule has 0 fully saturated rings. The minimum absolute atomic E-state index is 0.191. The molecule has 0 spiro atoms. The molecule has 1 N–H and O–H groups in total. The summed E-state index contributed by atoms with van der Waals surface area (Å²) in [4.78, 5) is 16.1. The van der Waals surface area contributed by atoms with Gasteiger partial charge < -0.3 is 9.84 Å². The van der Waals surface area contributed by atoms with Crippen LogP contribution in [0.25, 0.3) is 22.2 Å². The maximum Gasteiger partial charge on any atom is 0.336 e. The number of rotatable bonds is 3. The topological polar surface area (TPSA) is 59.4 Å². The van der Waals surface area contributed by atoms with Gasteiger partial charge in [0.05, 0.1) is 29.3 Å². The Kier molecular flexibility index (Phi) is 3.28. The molecule has 0 aliphatic carbocycles. The summed E-state index contributed by atoms with van der Waals surface area (Å²) in [6.45, 7) is 0. The van der Waals surface area contributed by atoms with Gasteiger partial charge in [0.2, 0.25) is 0 Å². The monoisotopic (exact) mass is 279 g/mol. The van der Waals surface area contributed by atoms with E-state index in [-0.39, 0.29) is 5.56 Å². The fourth-order valence-electron chi connectivity index (χ4n) is 2.35. The van der Waals surface area contributed by atoms with Gasteiger partial charge in [0, 0.05) is 5.56 Å². The molecule has 1 heterocycles. The molecule has 0 atom stereocenters. The van der Waals surface area contributed by atoms with Crippen LogP contribution in [-0.4, -0.2) is 23.2 Å². The molecule has 0 radical (unpaired) electrons. The number of aromatic nitrogens is 1. The second kappa shape index (κ2) is 5.25. The first-order chi connectivity index (χ1) is 10.2. The Labute approximate surface area is 121 Å². The van der Waals surface area contributed by atoms with Crippen molar-refractivity contribution in [3.05, 3.63) is 60.2 Å². The molecule has 0 amide bonds. The summed E-state index contributed by atoms with van der Waals surface area (Å²) < 4.78 is 5.26. The highest BCUT2D eigenvalue weighted by Gasteiger charge is 2.16. The Morgan fingerprint density at radius 1 is 1.10 bits per heavy atom. The summed E-state index contributed by atoms with van der Waals surface area (Å²) in [5.74, 6) is -0.485. The summed E-state index contributed by atoms with van der Waals surface area (Å²) in [6, 6.07) is 16.4. The van der Waals surface area contributed by atoms with Gasteiger partial charge in [-0.1, -0.05) is 36.4 Å². The van der Waals surface area contributed by atoms with Crippen molar-refractivity contribution in [1.29, 1.82) is 0 Å². The highest BCUT2D eigenvalue weighted by molar-refractivity contribution is 6.06. The number of carboxylic acid groups (broad SMARTS) is 1. The number of carboxylic acids is 1. The van der Waals surface area contributed by atoms with Crippen molar-refractivity contribution < 1.29 is 14.6 Å². The van der Waals surface area contributed by atoms with Gasteiger partial charge in [-0.2, -0.15) is 0 Å². The van der Waals surface area contributed by atoms with Crippen LogP contribution in [0.5, 0.6) is 5.75 Å². The maximum atomic E-state index is 11.6. The summed E-state index contributed by atoms with van der Waals surface area (Å²) >= 11 is 0. The van der Waals surface area contributed by atoms with Gasteiger partial charge >= 0.3 is 5.97 Å². The molecule has 3 rings (SSSR count). The van der Waals surface area contributed by atoms with E-state index in [1.54, 1.807) is 24.3 Å². The molecule has 21 heavy (non-hydrogen) atoms. The number of benzene rings is 2. The molecule has 104 valence electrons. The molecular formula is C17H13NO3. The lowest BCUT2D eigenvalue weighted by molar-refractivity contribution is 0.0699. The van der Waals surface area contributed by atoms with Crippen LogP contribution in [-0.2, 0) is 0 Å². The smallest absolute Gasteiger partial charge is 0.336 e. The molecule has 0 saturated heterocycles.